The molecule has 0 bridgehead atoms. The number of hydrogen-bond donors (Lipinski definition) is 0. The molecule has 0 aliphatic rings. The van der Waals surface area contributed by atoms with Crippen molar-refractivity contribution in [2.45, 2.75) is 0 Å². The van der Waals surface area contributed by atoms with Gasteiger partial charge in [0.1, 0.15) is 5.52 Å². The number of aromatic nitrogens is 4. The van der Waals surface area contributed by atoms with Gasteiger partial charge in [-0.1, -0.05) is 164 Å². The van der Waals surface area contributed by atoms with Gasteiger partial charge in [0.05, 0.1) is 0 Å². The molecule has 0 aliphatic heterocycles. The van der Waals surface area contributed by atoms with Gasteiger partial charge in [-0.3, -0.25) is 0 Å². The maximum atomic E-state index is 6.04. The third-order valence-electron chi connectivity index (χ3n) is 10.0. The molecule has 0 amide bonds. The van der Waals surface area contributed by atoms with Crippen molar-refractivity contribution in [2.24, 2.45) is 0 Å². The van der Waals surface area contributed by atoms with Gasteiger partial charge in [0, 0.05) is 22.3 Å². The molecule has 0 saturated carbocycles. The van der Waals surface area contributed by atoms with Crippen LogP contribution in [0.4, 0.5) is 0 Å². The Morgan fingerprint density at radius 2 is 0.691 bits per heavy atom. The van der Waals surface area contributed by atoms with Crippen LogP contribution < -0.4 is 0 Å². The Morgan fingerprint density at radius 1 is 0.273 bits per heavy atom. The molecule has 0 radical (unpaired) electrons. The van der Waals surface area contributed by atoms with Gasteiger partial charge in [0.25, 0.3) is 0 Å². The van der Waals surface area contributed by atoms with Gasteiger partial charge >= 0.3 is 0 Å². The standard InChI is InChI=1S/C50H32N4O/c1-3-11-33(12-4-1)35-19-25-38(26-20-35)47-52-48(39-27-21-36(22-28-39)34-13-5-2-6-14-34)54-49(53-47)44-32-31-41(42-15-7-8-16-43(42)44)37-23-29-40(30-24-37)50-51-45-17-9-10-18-46(45)55-50/h1-32H. The summed E-state index contributed by atoms with van der Waals surface area (Å²) in [6, 6.07) is 66.6. The summed E-state index contributed by atoms with van der Waals surface area (Å²) in [5.74, 6) is 2.47. The highest BCUT2D eigenvalue weighted by molar-refractivity contribution is 6.04. The molecule has 0 N–H and O–H groups in total. The lowest BCUT2D eigenvalue weighted by atomic mass is 9.94. The topological polar surface area (TPSA) is 64.7 Å². The first-order valence-electron chi connectivity index (χ1n) is 18.3. The second-order valence-corrected chi connectivity index (χ2v) is 13.5. The van der Waals surface area contributed by atoms with Crippen molar-refractivity contribution >= 4 is 21.9 Å². The third kappa shape index (κ3) is 6.24. The molecule has 0 atom stereocenters. The number of benzene rings is 8. The highest BCUT2D eigenvalue weighted by Gasteiger charge is 2.17. The molecular weight excluding hydrogens is 673 g/mol. The van der Waals surface area contributed by atoms with Crippen molar-refractivity contribution in [1.82, 2.24) is 19.9 Å². The minimum atomic E-state index is 0.610. The Bertz CT molecular complexity index is 2800. The molecule has 0 spiro atoms. The van der Waals surface area contributed by atoms with E-state index in [0.717, 1.165) is 77.5 Å². The highest BCUT2D eigenvalue weighted by Crippen LogP contribution is 2.37. The lowest BCUT2D eigenvalue weighted by molar-refractivity contribution is 0.620. The molecule has 0 aliphatic carbocycles. The summed E-state index contributed by atoms with van der Waals surface area (Å²) in [5.41, 5.74) is 12.2. The van der Waals surface area contributed by atoms with Crippen LogP contribution in [0.3, 0.4) is 0 Å². The van der Waals surface area contributed by atoms with Crippen molar-refractivity contribution in [1.29, 1.82) is 0 Å². The first-order chi connectivity index (χ1) is 27.2. The molecule has 5 heteroatoms. The molecule has 2 heterocycles. The normalized spacial score (nSPS) is 11.3. The number of rotatable bonds is 7. The van der Waals surface area contributed by atoms with Crippen LogP contribution in [0.2, 0.25) is 0 Å². The van der Waals surface area contributed by atoms with E-state index in [4.69, 9.17) is 19.4 Å². The van der Waals surface area contributed by atoms with Gasteiger partial charge in [0.15, 0.2) is 23.1 Å². The van der Waals surface area contributed by atoms with Crippen LogP contribution in [-0.4, -0.2) is 19.9 Å². The average Bonchev–Trinajstić information content (AvgIpc) is 3.71. The van der Waals surface area contributed by atoms with Crippen molar-refractivity contribution in [2.75, 3.05) is 0 Å². The second-order valence-electron chi connectivity index (χ2n) is 13.5. The van der Waals surface area contributed by atoms with E-state index < -0.39 is 0 Å². The molecule has 55 heavy (non-hydrogen) atoms. The summed E-state index contributed by atoms with van der Waals surface area (Å²) in [5, 5.41) is 2.17. The molecule has 10 rings (SSSR count). The fourth-order valence-electron chi connectivity index (χ4n) is 7.17. The van der Waals surface area contributed by atoms with Crippen molar-refractivity contribution < 1.29 is 4.42 Å². The smallest absolute Gasteiger partial charge is 0.227 e. The van der Waals surface area contributed by atoms with Crippen molar-refractivity contribution in [3.8, 4) is 79.0 Å². The summed E-state index contributed by atoms with van der Waals surface area (Å²) in [7, 11) is 0. The van der Waals surface area contributed by atoms with Crippen LogP contribution in [0.5, 0.6) is 0 Å². The van der Waals surface area contributed by atoms with Gasteiger partial charge in [0.2, 0.25) is 5.89 Å². The lowest BCUT2D eigenvalue weighted by Crippen LogP contribution is -2.01. The fourth-order valence-corrected chi connectivity index (χ4v) is 7.17. The Kier molecular flexibility index (Phi) is 8.08. The lowest BCUT2D eigenvalue weighted by Gasteiger charge is -2.13. The van der Waals surface area contributed by atoms with Gasteiger partial charge in [-0.25, -0.2) is 19.9 Å². The van der Waals surface area contributed by atoms with Crippen molar-refractivity contribution in [3.05, 3.63) is 194 Å². The highest BCUT2D eigenvalue weighted by atomic mass is 16.3. The molecule has 0 unspecified atom stereocenters. The van der Waals surface area contributed by atoms with Crippen LogP contribution in [-0.2, 0) is 0 Å². The predicted molar refractivity (Wildman–Crippen MR) is 223 cm³/mol. The molecule has 8 aromatic carbocycles. The third-order valence-corrected chi connectivity index (χ3v) is 10.0. The van der Waals surface area contributed by atoms with Crippen LogP contribution in [0.25, 0.3) is 101 Å². The van der Waals surface area contributed by atoms with E-state index in [9.17, 15) is 0 Å². The number of hydrogen-bond acceptors (Lipinski definition) is 5. The zero-order chi connectivity index (χ0) is 36.6. The summed E-state index contributed by atoms with van der Waals surface area (Å²) < 4.78 is 6.04. The summed E-state index contributed by atoms with van der Waals surface area (Å²) >= 11 is 0. The largest absolute Gasteiger partial charge is 0.436 e. The zero-order valence-corrected chi connectivity index (χ0v) is 29.7. The van der Waals surface area contributed by atoms with Crippen LogP contribution in [0.1, 0.15) is 0 Å². The van der Waals surface area contributed by atoms with Gasteiger partial charge < -0.3 is 4.42 Å². The Morgan fingerprint density at radius 3 is 1.27 bits per heavy atom. The zero-order valence-electron chi connectivity index (χ0n) is 29.7. The minimum Gasteiger partial charge on any atom is -0.436 e. The first kappa shape index (κ1) is 32.2. The fraction of sp³-hybridized carbons (Fsp3) is 0. The van der Waals surface area contributed by atoms with Crippen LogP contribution in [0, 0.1) is 0 Å². The predicted octanol–water partition coefficient (Wildman–Crippen LogP) is 12.8. The van der Waals surface area contributed by atoms with E-state index in [1.807, 2.05) is 36.4 Å². The second kappa shape index (κ2) is 13.8. The molecule has 5 nitrogen and oxygen atoms in total. The van der Waals surface area contributed by atoms with E-state index in [0.29, 0.717) is 23.4 Å². The first-order valence-corrected chi connectivity index (χ1v) is 18.3. The van der Waals surface area contributed by atoms with Crippen LogP contribution >= 0.6 is 0 Å². The number of nitrogens with zero attached hydrogens (tertiary/aromatic N) is 4. The summed E-state index contributed by atoms with van der Waals surface area (Å²) in [6.07, 6.45) is 0. The maximum absolute atomic E-state index is 6.04. The molecule has 0 saturated heterocycles. The quantitative estimate of drug-likeness (QED) is 0.165. The summed E-state index contributed by atoms with van der Waals surface area (Å²) in [6.45, 7) is 0. The Hall–Kier alpha value is -7.50. The Labute approximate surface area is 318 Å². The molecule has 2 aromatic heterocycles. The van der Waals surface area contributed by atoms with E-state index in [-0.39, 0.29) is 0 Å². The monoisotopic (exact) mass is 704 g/mol. The van der Waals surface area contributed by atoms with Gasteiger partial charge in [-0.2, -0.15) is 0 Å². The SMILES string of the molecule is c1ccc(-c2ccc(-c3nc(-c4ccc(-c5ccccc5)cc4)nc(-c4ccc(-c5ccc(-c6nc7ccccc7o6)cc5)c5ccccc45)n3)cc2)cc1. The minimum absolute atomic E-state index is 0.610. The average molecular weight is 705 g/mol. The van der Waals surface area contributed by atoms with Gasteiger partial charge in [-0.05, 0) is 74.5 Å². The number of para-hydroxylation sites is 2. The summed E-state index contributed by atoms with van der Waals surface area (Å²) in [4.78, 5) is 20.0. The van der Waals surface area contributed by atoms with Crippen LogP contribution in [0.15, 0.2) is 199 Å². The van der Waals surface area contributed by atoms with E-state index >= 15 is 0 Å². The van der Waals surface area contributed by atoms with E-state index in [1.54, 1.807) is 0 Å². The van der Waals surface area contributed by atoms with Crippen molar-refractivity contribution in [3.63, 3.8) is 0 Å². The van der Waals surface area contributed by atoms with E-state index in [1.165, 1.54) is 0 Å². The Balaban J connectivity index is 1.06. The number of fused-ring (bicyclic) bond motifs is 2. The maximum Gasteiger partial charge on any atom is 0.227 e. The van der Waals surface area contributed by atoms with E-state index in [2.05, 4.69) is 163 Å². The number of oxazole rings is 1. The molecule has 10 aromatic rings. The molecule has 258 valence electrons. The molecule has 0 fully saturated rings. The van der Waals surface area contributed by atoms with Gasteiger partial charge in [-0.15, -0.1) is 0 Å². The molecular formula is C50H32N4O.